The number of carbonyl (C=O) groups is 1. The number of hydrogen-bond donors (Lipinski definition) is 2. The van der Waals surface area contributed by atoms with E-state index < -0.39 is 15.9 Å². The van der Waals surface area contributed by atoms with Crippen LogP contribution < -0.4 is 15.2 Å². The highest BCUT2D eigenvalue weighted by atomic mass is 32.2. The number of nitrogens with two attached hydrogens (primary N) is 1. The van der Waals surface area contributed by atoms with Gasteiger partial charge in [0, 0.05) is 13.2 Å². The third-order valence-corrected chi connectivity index (χ3v) is 3.38. The first-order valence-electron chi connectivity index (χ1n) is 5.34. The average Bonchev–Trinajstić information content (AvgIpc) is 3.10. The summed E-state index contributed by atoms with van der Waals surface area (Å²) >= 11 is 0. The summed E-state index contributed by atoms with van der Waals surface area (Å²) in [4.78, 5) is 15.0. The van der Waals surface area contributed by atoms with Crippen LogP contribution in [0.1, 0.15) is 23.3 Å². The van der Waals surface area contributed by atoms with Gasteiger partial charge in [-0.25, -0.2) is 18.5 Å². The van der Waals surface area contributed by atoms with Gasteiger partial charge >= 0.3 is 0 Å². The quantitative estimate of drug-likeness (QED) is 0.776. The molecule has 3 N–H and O–H groups in total. The van der Waals surface area contributed by atoms with E-state index in [0.717, 1.165) is 12.8 Å². The van der Waals surface area contributed by atoms with Gasteiger partial charge in [0.15, 0.2) is 10.6 Å². The van der Waals surface area contributed by atoms with E-state index in [1.54, 1.807) is 0 Å². The Labute approximate surface area is 104 Å². The van der Waals surface area contributed by atoms with Gasteiger partial charge in [-0.3, -0.25) is 4.79 Å². The SMILES string of the molecule is CNC(=O)c1nccc(OC2CC2)c1S(N)(=O)=O. The second-order valence-corrected chi connectivity index (χ2v) is 5.43. The minimum Gasteiger partial charge on any atom is -0.489 e. The molecular formula is C10H13N3O4S. The van der Waals surface area contributed by atoms with Gasteiger partial charge in [0.2, 0.25) is 10.0 Å². The molecule has 0 bridgehead atoms. The zero-order valence-electron chi connectivity index (χ0n) is 9.71. The third kappa shape index (κ3) is 2.59. The van der Waals surface area contributed by atoms with E-state index in [4.69, 9.17) is 9.88 Å². The Hall–Kier alpha value is -1.67. The molecular weight excluding hydrogens is 258 g/mol. The third-order valence-electron chi connectivity index (χ3n) is 2.41. The van der Waals surface area contributed by atoms with E-state index in [0.29, 0.717) is 0 Å². The Bertz CT molecular complexity index is 581. The van der Waals surface area contributed by atoms with E-state index in [-0.39, 0.29) is 22.4 Å². The number of primary sulfonamides is 1. The molecule has 0 radical (unpaired) electrons. The average molecular weight is 271 g/mol. The van der Waals surface area contributed by atoms with Crippen LogP contribution >= 0.6 is 0 Å². The van der Waals surface area contributed by atoms with Crippen molar-refractivity contribution in [2.75, 3.05) is 7.05 Å². The lowest BCUT2D eigenvalue weighted by Gasteiger charge is -2.11. The smallest absolute Gasteiger partial charge is 0.271 e. The van der Waals surface area contributed by atoms with Gasteiger partial charge in [-0.05, 0) is 18.9 Å². The molecule has 8 heteroatoms. The maximum atomic E-state index is 11.6. The summed E-state index contributed by atoms with van der Waals surface area (Å²) in [6.45, 7) is 0. The Kier molecular flexibility index (Phi) is 3.22. The molecule has 0 atom stereocenters. The number of nitrogens with one attached hydrogen (secondary N) is 1. The van der Waals surface area contributed by atoms with Crippen molar-refractivity contribution < 1.29 is 17.9 Å². The molecule has 0 aliphatic heterocycles. The molecule has 1 aromatic heterocycles. The number of rotatable bonds is 4. The summed E-state index contributed by atoms with van der Waals surface area (Å²) in [5.41, 5.74) is -0.252. The molecule has 1 amide bonds. The van der Waals surface area contributed by atoms with Gasteiger partial charge in [-0.2, -0.15) is 0 Å². The second kappa shape index (κ2) is 4.54. The monoisotopic (exact) mass is 271 g/mol. The number of pyridine rings is 1. The Morgan fingerprint density at radius 2 is 2.22 bits per heavy atom. The fourth-order valence-electron chi connectivity index (χ4n) is 1.44. The standard InChI is InChI=1S/C10H13N3O4S/c1-12-10(14)8-9(18(11,15)16)7(4-5-13-8)17-6-2-3-6/h4-6H,2-3H2,1H3,(H,12,14)(H2,11,15,16). The highest BCUT2D eigenvalue weighted by molar-refractivity contribution is 7.89. The number of ether oxygens (including phenoxy) is 1. The summed E-state index contributed by atoms with van der Waals surface area (Å²) in [6.07, 6.45) is 3.03. The number of sulfonamides is 1. The summed E-state index contributed by atoms with van der Waals surface area (Å²) in [7, 11) is -2.71. The van der Waals surface area contributed by atoms with E-state index in [1.807, 2.05) is 0 Å². The van der Waals surface area contributed by atoms with Crippen molar-refractivity contribution in [1.82, 2.24) is 10.3 Å². The molecule has 1 aromatic rings. The van der Waals surface area contributed by atoms with Crippen LogP contribution in [0, 0.1) is 0 Å². The van der Waals surface area contributed by atoms with Gasteiger partial charge in [0.1, 0.15) is 5.75 Å². The summed E-state index contributed by atoms with van der Waals surface area (Å²) < 4.78 is 28.6. The molecule has 0 saturated heterocycles. The molecule has 2 rings (SSSR count). The van der Waals surface area contributed by atoms with Crippen LogP contribution in [0.15, 0.2) is 17.2 Å². The van der Waals surface area contributed by atoms with Crippen molar-refractivity contribution in [3.63, 3.8) is 0 Å². The van der Waals surface area contributed by atoms with E-state index in [1.165, 1.54) is 19.3 Å². The summed E-state index contributed by atoms with van der Waals surface area (Å²) in [5.74, 6) is -0.547. The first-order chi connectivity index (χ1) is 8.43. The number of aromatic nitrogens is 1. The van der Waals surface area contributed by atoms with Gasteiger partial charge in [0.05, 0.1) is 6.10 Å². The summed E-state index contributed by atoms with van der Waals surface area (Å²) in [5, 5.41) is 7.43. The first-order valence-corrected chi connectivity index (χ1v) is 6.88. The summed E-state index contributed by atoms with van der Waals surface area (Å²) in [6, 6.07) is 1.39. The van der Waals surface area contributed by atoms with Gasteiger partial charge < -0.3 is 10.1 Å². The van der Waals surface area contributed by atoms with Gasteiger partial charge in [-0.15, -0.1) is 0 Å². The lowest BCUT2D eigenvalue weighted by Crippen LogP contribution is -2.25. The maximum absolute atomic E-state index is 11.6. The molecule has 0 aromatic carbocycles. The van der Waals surface area contributed by atoms with Crippen molar-refractivity contribution in [1.29, 1.82) is 0 Å². The van der Waals surface area contributed by atoms with Crippen molar-refractivity contribution >= 4 is 15.9 Å². The van der Waals surface area contributed by atoms with Crippen LogP contribution in [0.4, 0.5) is 0 Å². The predicted molar refractivity (Wildman–Crippen MR) is 62.7 cm³/mol. The van der Waals surface area contributed by atoms with E-state index >= 15 is 0 Å². The molecule has 0 unspecified atom stereocenters. The molecule has 1 aliphatic rings. The fraction of sp³-hybridized carbons (Fsp3) is 0.400. The first kappa shape index (κ1) is 12.8. The molecule has 0 spiro atoms. The fourth-order valence-corrected chi connectivity index (χ4v) is 2.26. The van der Waals surface area contributed by atoms with Crippen LogP contribution in [0.5, 0.6) is 5.75 Å². The number of hydrogen-bond acceptors (Lipinski definition) is 5. The highest BCUT2D eigenvalue weighted by Crippen LogP contribution is 2.31. The number of nitrogens with zero attached hydrogens (tertiary/aromatic N) is 1. The molecule has 98 valence electrons. The van der Waals surface area contributed by atoms with Crippen LogP contribution in [0.3, 0.4) is 0 Å². The molecule has 1 heterocycles. The number of carbonyl (C=O) groups excluding carboxylic acids is 1. The van der Waals surface area contributed by atoms with Crippen molar-refractivity contribution in [2.24, 2.45) is 5.14 Å². The van der Waals surface area contributed by atoms with Crippen molar-refractivity contribution in [3.05, 3.63) is 18.0 Å². The van der Waals surface area contributed by atoms with Crippen LogP contribution in [-0.2, 0) is 10.0 Å². The highest BCUT2D eigenvalue weighted by Gasteiger charge is 2.30. The topological polar surface area (TPSA) is 111 Å². The normalized spacial score (nSPS) is 15.2. The molecule has 7 nitrogen and oxygen atoms in total. The van der Waals surface area contributed by atoms with Gasteiger partial charge in [-0.1, -0.05) is 0 Å². The van der Waals surface area contributed by atoms with Crippen LogP contribution in [-0.4, -0.2) is 32.5 Å². The van der Waals surface area contributed by atoms with Crippen molar-refractivity contribution in [2.45, 2.75) is 23.8 Å². The maximum Gasteiger partial charge on any atom is 0.271 e. The lowest BCUT2D eigenvalue weighted by molar-refractivity contribution is 0.0953. The largest absolute Gasteiger partial charge is 0.489 e. The minimum absolute atomic E-state index is 0.00885. The zero-order valence-corrected chi connectivity index (χ0v) is 10.5. The Morgan fingerprint density at radius 1 is 1.56 bits per heavy atom. The predicted octanol–water partition coefficient (Wildman–Crippen LogP) is -0.370. The zero-order chi connectivity index (χ0) is 13.3. The van der Waals surface area contributed by atoms with Gasteiger partial charge in [0.25, 0.3) is 5.91 Å². The number of amides is 1. The van der Waals surface area contributed by atoms with Crippen LogP contribution in [0.2, 0.25) is 0 Å². The Morgan fingerprint density at radius 3 is 2.72 bits per heavy atom. The molecule has 18 heavy (non-hydrogen) atoms. The van der Waals surface area contributed by atoms with Crippen LogP contribution in [0.25, 0.3) is 0 Å². The second-order valence-electron chi connectivity index (χ2n) is 3.93. The van der Waals surface area contributed by atoms with E-state index in [9.17, 15) is 13.2 Å². The lowest BCUT2D eigenvalue weighted by atomic mass is 10.3. The molecule has 1 aliphatic carbocycles. The molecule has 1 saturated carbocycles. The van der Waals surface area contributed by atoms with E-state index in [2.05, 4.69) is 10.3 Å². The minimum atomic E-state index is -4.09. The Balaban J connectivity index is 2.55. The van der Waals surface area contributed by atoms with Crippen molar-refractivity contribution in [3.8, 4) is 5.75 Å². The molecule has 1 fully saturated rings.